The Labute approximate surface area is 154 Å². The highest BCUT2D eigenvalue weighted by Gasteiger charge is 2.24. The van der Waals surface area contributed by atoms with E-state index in [0.29, 0.717) is 29.9 Å². The van der Waals surface area contributed by atoms with Crippen LogP contribution in [0.4, 0.5) is 4.39 Å². The fourth-order valence-electron chi connectivity index (χ4n) is 3.04. The van der Waals surface area contributed by atoms with Crippen molar-refractivity contribution < 1.29 is 9.18 Å². The first-order valence-corrected chi connectivity index (χ1v) is 9.16. The minimum absolute atomic E-state index is 0.0874. The first-order chi connectivity index (χ1) is 12.3. The van der Waals surface area contributed by atoms with Crippen molar-refractivity contribution in [1.29, 1.82) is 0 Å². The van der Waals surface area contributed by atoms with E-state index in [2.05, 4.69) is 30.8 Å². The van der Waals surface area contributed by atoms with Gasteiger partial charge in [0.1, 0.15) is 11.5 Å². The van der Waals surface area contributed by atoms with Crippen LogP contribution in [-0.2, 0) is 0 Å². The van der Waals surface area contributed by atoms with Gasteiger partial charge in [-0.05, 0) is 36.6 Å². The number of amides is 1. The third kappa shape index (κ3) is 4.49. The predicted molar refractivity (Wildman–Crippen MR) is 99.9 cm³/mol. The van der Waals surface area contributed by atoms with Gasteiger partial charge in [0.05, 0.1) is 0 Å². The van der Waals surface area contributed by atoms with E-state index in [1.807, 2.05) is 4.90 Å². The Bertz CT molecular complexity index is 757. The number of para-hydroxylation sites is 1. The summed E-state index contributed by atoms with van der Waals surface area (Å²) < 4.78 is 15.3. The highest BCUT2D eigenvalue weighted by molar-refractivity contribution is 5.92. The molecular formula is C20H27FN4O. The first kappa shape index (κ1) is 18.6. The van der Waals surface area contributed by atoms with Crippen LogP contribution >= 0.6 is 0 Å². The minimum atomic E-state index is -0.359. The van der Waals surface area contributed by atoms with Gasteiger partial charge in [0.2, 0.25) is 0 Å². The summed E-state index contributed by atoms with van der Waals surface area (Å²) in [6, 6.07) is 8.06. The summed E-state index contributed by atoms with van der Waals surface area (Å²) in [4.78, 5) is 16.9. The molecule has 0 saturated carbocycles. The smallest absolute Gasteiger partial charge is 0.274 e. The molecule has 1 aromatic carbocycles. The molecule has 0 unspecified atom stereocenters. The standard InChI is InChI=1S/C20H27FN4O/c1-20(2,3)9-11-23-12-14-24(15-13-23)19(26)17-8-10-25(22-17)18-7-5-4-6-16(18)21/h4-8,10H,9,11-15H2,1-3H3. The second-order valence-corrected chi connectivity index (χ2v) is 8.04. The third-order valence-corrected chi connectivity index (χ3v) is 4.75. The molecule has 0 radical (unpaired) electrons. The molecule has 1 fully saturated rings. The zero-order valence-electron chi connectivity index (χ0n) is 15.8. The Hall–Kier alpha value is -2.21. The number of aromatic nitrogens is 2. The highest BCUT2D eigenvalue weighted by Crippen LogP contribution is 2.19. The maximum atomic E-state index is 13.9. The van der Waals surface area contributed by atoms with Crippen molar-refractivity contribution in [3.8, 4) is 5.69 Å². The number of hydrogen-bond donors (Lipinski definition) is 0. The van der Waals surface area contributed by atoms with Gasteiger partial charge in [0, 0.05) is 32.4 Å². The van der Waals surface area contributed by atoms with E-state index in [4.69, 9.17) is 0 Å². The summed E-state index contributed by atoms with van der Waals surface area (Å²) in [6.07, 6.45) is 2.78. The number of carbonyl (C=O) groups excluding carboxylic acids is 1. The van der Waals surface area contributed by atoms with E-state index in [1.165, 1.54) is 10.7 Å². The van der Waals surface area contributed by atoms with Crippen LogP contribution in [0, 0.1) is 11.2 Å². The number of carbonyl (C=O) groups is 1. The molecular weight excluding hydrogens is 331 g/mol. The molecule has 0 aliphatic carbocycles. The van der Waals surface area contributed by atoms with Crippen molar-refractivity contribution in [2.75, 3.05) is 32.7 Å². The van der Waals surface area contributed by atoms with Crippen molar-refractivity contribution in [1.82, 2.24) is 19.6 Å². The van der Waals surface area contributed by atoms with E-state index in [1.54, 1.807) is 30.5 Å². The van der Waals surface area contributed by atoms with Crippen molar-refractivity contribution in [3.05, 3.63) is 48.0 Å². The summed E-state index contributed by atoms with van der Waals surface area (Å²) in [6.45, 7) is 11.0. The first-order valence-electron chi connectivity index (χ1n) is 9.16. The molecule has 1 aromatic heterocycles. The molecule has 26 heavy (non-hydrogen) atoms. The van der Waals surface area contributed by atoms with Gasteiger partial charge in [-0.3, -0.25) is 9.69 Å². The minimum Gasteiger partial charge on any atom is -0.335 e. The number of nitrogens with zero attached hydrogens (tertiary/aromatic N) is 4. The zero-order valence-corrected chi connectivity index (χ0v) is 15.8. The van der Waals surface area contributed by atoms with E-state index in [-0.39, 0.29) is 11.7 Å². The Kier molecular flexibility index (Phi) is 5.41. The molecule has 3 rings (SSSR count). The van der Waals surface area contributed by atoms with Gasteiger partial charge in [0.25, 0.3) is 5.91 Å². The molecule has 1 saturated heterocycles. The average molecular weight is 358 g/mol. The highest BCUT2D eigenvalue weighted by atomic mass is 19.1. The van der Waals surface area contributed by atoms with E-state index < -0.39 is 0 Å². The van der Waals surface area contributed by atoms with Crippen LogP contribution in [0.15, 0.2) is 36.5 Å². The molecule has 0 bridgehead atoms. The fraction of sp³-hybridized carbons (Fsp3) is 0.500. The molecule has 6 heteroatoms. The van der Waals surface area contributed by atoms with Crippen LogP contribution in [0.3, 0.4) is 0 Å². The van der Waals surface area contributed by atoms with Crippen LogP contribution in [0.2, 0.25) is 0 Å². The predicted octanol–water partition coefficient (Wildman–Crippen LogP) is 3.21. The topological polar surface area (TPSA) is 41.4 Å². The van der Waals surface area contributed by atoms with Gasteiger partial charge in [0.15, 0.2) is 5.69 Å². The maximum Gasteiger partial charge on any atom is 0.274 e. The quantitative estimate of drug-likeness (QED) is 0.843. The fourth-order valence-corrected chi connectivity index (χ4v) is 3.04. The van der Waals surface area contributed by atoms with Crippen LogP contribution in [0.25, 0.3) is 5.69 Å². The Morgan fingerprint density at radius 1 is 1.12 bits per heavy atom. The molecule has 0 N–H and O–H groups in total. The van der Waals surface area contributed by atoms with Gasteiger partial charge < -0.3 is 4.90 Å². The third-order valence-electron chi connectivity index (χ3n) is 4.75. The lowest BCUT2D eigenvalue weighted by molar-refractivity contribution is 0.0617. The number of hydrogen-bond acceptors (Lipinski definition) is 3. The van der Waals surface area contributed by atoms with Crippen LogP contribution in [0.1, 0.15) is 37.7 Å². The van der Waals surface area contributed by atoms with Crippen molar-refractivity contribution >= 4 is 5.91 Å². The molecule has 1 aliphatic rings. The molecule has 140 valence electrons. The number of rotatable bonds is 4. The SMILES string of the molecule is CC(C)(C)CCN1CCN(C(=O)c2ccn(-c3ccccc3F)n2)CC1. The number of piperazine rings is 1. The second kappa shape index (κ2) is 7.58. The maximum absolute atomic E-state index is 13.9. The van der Waals surface area contributed by atoms with E-state index in [9.17, 15) is 9.18 Å². The zero-order chi connectivity index (χ0) is 18.7. The van der Waals surface area contributed by atoms with Crippen LogP contribution < -0.4 is 0 Å². The van der Waals surface area contributed by atoms with Crippen molar-refractivity contribution in [2.24, 2.45) is 5.41 Å². The summed E-state index contributed by atoms with van der Waals surface area (Å²) in [5.41, 5.74) is 1.03. The van der Waals surface area contributed by atoms with Gasteiger partial charge in [-0.1, -0.05) is 32.9 Å². The second-order valence-electron chi connectivity index (χ2n) is 8.04. The van der Waals surface area contributed by atoms with Gasteiger partial charge in [-0.2, -0.15) is 5.10 Å². The molecule has 5 nitrogen and oxygen atoms in total. The van der Waals surface area contributed by atoms with Gasteiger partial charge >= 0.3 is 0 Å². The van der Waals surface area contributed by atoms with E-state index >= 15 is 0 Å². The van der Waals surface area contributed by atoms with Crippen molar-refractivity contribution in [3.63, 3.8) is 0 Å². The van der Waals surface area contributed by atoms with Crippen molar-refractivity contribution in [2.45, 2.75) is 27.2 Å². The molecule has 0 spiro atoms. The lowest BCUT2D eigenvalue weighted by atomic mass is 9.92. The van der Waals surface area contributed by atoms with Crippen LogP contribution in [0.5, 0.6) is 0 Å². The Morgan fingerprint density at radius 3 is 2.46 bits per heavy atom. The monoisotopic (exact) mass is 358 g/mol. The number of halogens is 1. The van der Waals surface area contributed by atoms with Crippen LogP contribution in [-0.4, -0.2) is 58.2 Å². The Morgan fingerprint density at radius 2 is 1.81 bits per heavy atom. The summed E-state index contributed by atoms with van der Waals surface area (Å²) in [7, 11) is 0. The lowest BCUT2D eigenvalue weighted by Crippen LogP contribution is -2.49. The lowest BCUT2D eigenvalue weighted by Gasteiger charge is -2.35. The molecule has 1 amide bonds. The summed E-state index contributed by atoms with van der Waals surface area (Å²) in [5.74, 6) is -0.447. The van der Waals surface area contributed by atoms with Gasteiger partial charge in [-0.15, -0.1) is 0 Å². The van der Waals surface area contributed by atoms with Gasteiger partial charge in [-0.25, -0.2) is 9.07 Å². The normalized spacial score (nSPS) is 16.1. The molecule has 0 atom stereocenters. The average Bonchev–Trinajstić information content (AvgIpc) is 3.09. The summed E-state index contributed by atoms with van der Waals surface area (Å²) in [5, 5.41) is 4.28. The molecule has 2 heterocycles. The molecule has 2 aromatic rings. The molecule has 1 aliphatic heterocycles. The van der Waals surface area contributed by atoms with E-state index in [0.717, 1.165) is 26.1 Å². The summed E-state index contributed by atoms with van der Waals surface area (Å²) >= 11 is 0. The Balaban J connectivity index is 1.59. The largest absolute Gasteiger partial charge is 0.335 e. The number of benzene rings is 1.